The Morgan fingerprint density at radius 1 is 1.00 bits per heavy atom. The topological polar surface area (TPSA) is 47.9 Å². The number of rotatable bonds is 8. The fraction of sp³-hybridized carbons (Fsp3) is 0.217. The Bertz CT molecular complexity index is 1050. The summed E-state index contributed by atoms with van der Waals surface area (Å²) in [5.74, 6) is 0.487. The number of ketones is 1. The van der Waals surface area contributed by atoms with E-state index in [2.05, 4.69) is 5.16 Å². The van der Waals surface area contributed by atoms with E-state index in [-0.39, 0.29) is 19.0 Å². The number of halogens is 3. The Morgan fingerprint density at radius 2 is 1.68 bits per heavy atom. The lowest BCUT2D eigenvalue weighted by Crippen LogP contribution is -2.10. The molecule has 0 aliphatic carbocycles. The molecule has 0 aliphatic rings. The highest BCUT2D eigenvalue weighted by atomic mass is 32.1. The van der Waals surface area contributed by atoms with Gasteiger partial charge in [0.1, 0.15) is 12.4 Å². The van der Waals surface area contributed by atoms with Crippen LogP contribution in [-0.4, -0.2) is 18.1 Å². The average molecular weight is 447 g/mol. The molecule has 162 valence electrons. The van der Waals surface area contributed by atoms with Crippen LogP contribution in [0.15, 0.2) is 65.8 Å². The van der Waals surface area contributed by atoms with Crippen molar-refractivity contribution in [2.75, 3.05) is 6.61 Å². The number of nitrogens with zero attached hydrogens (tertiary/aromatic N) is 1. The number of thiophene rings is 1. The molecule has 0 unspecified atom stereocenters. The minimum Gasteiger partial charge on any atom is -0.485 e. The number of hydrogen-bond acceptors (Lipinski definition) is 5. The molecule has 0 aliphatic heterocycles. The van der Waals surface area contributed by atoms with Gasteiger partial charge < -0.3 is 9.57 Å². The van der Waals surface area contributed by atoms with Crippen LogP contribution in [0, 0.1) is 6.92 Å². The van der Waals surface area contributed by atoms with Crippen LogP contribution >= 0.6 is 11.3 Å². The Balaban J connectivity index is 1.50. The van der Waals surface area contributed by atoms with Crippen molar-refractivity contribution in [3.63, 3.8) is 0 Å². The third-order valence-corrected chi connectivity index (χ3v) is 5.41. The highest BCUT2D eigenvalue weighted by Gasteiger charge is 2.29. The summed E-state index contributed by atoms with van der Waals surface area (Å²) in [5.41, 5.74) is 1.27. The molecule has 3 aromatic rings. The molecule has 2 aromatic carbocycles. The first-order chi connectivity index (χ1) is 14.7. The normalized spacial score (nSPS) is 12.0. The zero-order valence-electron chi connectivity index (χ0n) is 16.9. The monoisotopic (exact) mass is 447 g/mol. The Labute approximate surface area is 181 Å². The summed E-state index contributed by atoms with van der Waals surface area (Å²) >= 11 is 1.44. The van der Waals surface area contributed by atoms with Gasteiger partial charge in [-0.1, -0.05) is 17.3 Å². The first-order valence-electron chi connectivity index (χ1n) is 9.38. The fourth-order valence-electron chi connectivity index (χ4n) is 2.64. The van der Waals surface area contributed by atoms with Gasteiger partial charge in [0.05, 0.1) is 16.2 Å². The van der Waals surface area contributed by atoms with Gasteiger partial charge in [-0.3, -0.25) is 4.79 Å². The summed E-state index contributed by atoms with van der Waals surface area (Å²) in [7, 11) is 0. The van der Waals surface area contributed by atoms with Crippen molar-refractivity contribution < 1.29 is 27.5 Å². The molecule has 0 spiro atoms. The fourth-order valence-corrected chi connectivity index (χ4v) is 3.43. The maximum absolute atomic E-state index is 12.6. The molecule has 0 saturated carbocycles. The number of alkyl halides is 3. The van der Waals surface area contributed by atoms with E-state index in [1.54, 1.807) is 37.3 Å². The van der Waals surface area contributed by atoms with Crippen LogP contribution in [0.3, 0.4) is 0 Å². The maximum Gasteiger partial charge on any atom is 0.416 e. The highest BCUT2D eigenvalue weighted by Crippen LogP contribution is 2.29. The summed E-state index contributed by atoms with van der Waals surface area (Å²) in [6.45, 7) is 3.72. The van der Waals surface area contributed by atoms with Crippen LogP contribution in [-0.2, 0) is 17.6 Å². The zero-order chi connectivity index (χ0) is 22.4. The summed E-state index contributed by atoms with van der Waals surface area (Å²) in [6, 6.07) is 15.5. The van der Waals surface area contributed by atoms with Gasteiger partial charge in [-0.25, -0.2) is 0 Å². The third kappa shape index (κ3) is 6.42. The quantitative estimate of drug-likeness (QED) is 0.232. The first kappa shape index (κ1) is 22.6. The van der Waals surface area contributed by atoms with E-state index >= 15 is 0 Å². The molecular weight excluding hydrogens is 427 g/mol. The molecule has 0 amide bonds. The lowest BCUT2D eigenvalue weighted by Gasteiger charge is -2.08. The molecule has 4 nitrogen and oxygen atoms in total. The van der Waals surface area contributed by atoms with E-state index in [1.165, 1.54) is 23.5 Å². The summed E-state index contributed by atoms with van der Waals surface area (Å²) in [6.07, 6.45) is -4.36. The first-order valence-corrected chi connectivity index (χ1v) is 10.2. The Hall–Kier alpha value is -3.13. The van der Waals surface area contributed by atoms with Gasteiger partial charge in [0.15, 0.2) is 6.61 Å². The molecule has 8 heteroatoms. The van der Waals surface area contributed by atoms with E-state index in [4.69, 9.17) is 9.57 Å². The second-order valence-electron chi connectivity index (χ2n) is 6.79. The van der Waals surface area contributed by atoms with Gasteiger partial charge in [-0.2, -0.15) is 13.2 Å². The van der Waals surface area contributed by atoms with Crippen LogP contribution in [0.1, 0.15) is 38.2 Å². The number of hydrogen-bond donors (Lipinski definition) is 0. The zero-order valence-corrected chi connectivity index (χ0v) is 17.7. The number of oxime groups is 1. The second kappa shape index (κ2) is 9.78. The Kier molecular flexibility index (Phi) is 7.12. The van der Waals surface area contributed by atoms with Crippen molar-refractivity contribution in [2.24, 2.45) is 5.16 Å². The van der Waals surface area contributed by atoms with Gasteiger partial charge in [0.25, 0.3) is 0 Å². The molecule has 0 N–H and O–H groups in total. The Morgan fingerprint density at radius 3 is 2.26 bits per heavy atom. The van der Waals surface area contributed by atoms with Crippen LogP contribution in [0.2, 0.25) is 0 Å². The van der Waals surface area contributed by atoms with Crippen molar-refractivity contribution in [2.45, 2.75) is 26.6 Å². The second-order valence-corrected chi connectivity index (χ2v) is 8.08. The van der Waals surface area contributed by atoms with Crippen LogP contribution < -0.4 is 4.74 Å². The summed E-state index contributed by atoms with van der Waals surface area (Å²) in [5, 5.41) is 4.01. The molecule has 0 bridgehead atoms. The molecular formula is C23H20F3NO3S. The lowest BCUT2D eigenvalue weighted by atomic mass is 10.1. The van der Waals surface area contributed by atoms with E-state index in [0.29, 0.717) is 21.9 Å². The van der Waals surface area contributed by atoms with Crippen molar-refractivity contribution in [3.05, 3.63) is 87.1 Å². The predicted molar refractivity (Wildman–Crippen MR) is 114 cm³/mol. The van der Waals surface area contributed by atoms with Gasteiger partial charge >= 0.3 is 6.18 Å². The van der Waals surface area contributed by atoms with Crippen molar-refractivity contribution >= 4 is 22.8 Å². The smallest absolute Gasteiger partial charge is 0.416 e. The SMILES string of the molecule is C/C(=N\OCc1ccc(C(F)(F)F)cc1)c1ccc(OCC(=O)c2ccc(C)s2)cc1. The highest BCUT2D eigenvalue weighted by molar-refractivity contribution is 7.14. The molecule has 1 aromatic heterocycles. The largest absolute Gasteiger partial charge is 0.485 e. The molecule has 0 atom stereocenters. The molecule has 0 fully saturated rings. The van der Waals surface area contributed by atoms with E-state index < -0.39 is 11.7 Å². The van der Waals surface area contributed by atoms with Gasteiger partial charge in [0.2, 0.25) is 5.78 Å². The van der Waals surface area contributed by atoms with Crippen LogP contribution in [0.5, 0.6) is 5.75 Å². The number of aryl methyl sites for hydroxylation is 1. The average Bonchev–Trinajstić information content (AvgIpc) is 3.18. The molecule has 0 saturated heterocycles. The van der Waals surface area contributed by atoms with Crippen molar-refractivity contribution in [3.8, 4) is 5.75 Å². The molecule has 31 heavy (non-hydrogen) atoms. The van der Waals surface area contributed by atoms with Crippen LogP contribution in [0.25, 0.3) is 0 Å². The van der Waals surface area contributed by atoms with Gasteiger partial charge in [-0.05, 0) is 73.5 Å². The van der Waals surface area contributed by atoms with Gasteiger partial charge in [0, 0.05) is 4.88 Å². The minimum absolute atomic E-state index is 0.0391. The molecule has 0 radical (unpaired) electrons. The van der Waals surface area contributed by atoms with Crippen LogP contribution in [0.4, 0.5) is 13.2 Å². The third-order valence-electron chi connectivity index (χ3n) is 4.37. The summed E-state index contributed by atoms with van der Waals surface area (Å²) in [4.78, 5) is 19.1. The number of benzene rings is 2. The van der Waals surface area contributed by atoms with E-state index in [0.717, 1.165) is 22.6 Å². The minimum atomic E-state index is -4.36. The van der Waals surface area contributed by atoms with E-state index in [9.17, 15) is 18.0 Å². The maximum atomic E-state index is 12.6. The van der Waals surface area contributed by atoms with Gasteiger partial charge in [-0.15, -0.1) is 11.3 Å². The van der Waals surface area contributed by atoms with Crippen molar-refractivity contribution in [1.82, 2.24) is 0 Å². The molecule has 1 heterocycles. The number of Topliss-reactive ketones (excluding diaryl/α,β-unsaturated/α-hetero) is 1. The number of ether oxygens (including phenoxy) is 1. The molecule has 3 rings (SSSR count). The predicted octanol–water partition coefficient (Wildman–Crippen LogP) is 6.28. The van der Waals surface area contributed by atoms with E-state index in [1.807, 2.05) is 13.0 Å². The number of carbonyl (C=O) groups is 1. The van der Waals surface area contributed by atoms with Crippen molar-refractivity contribution in [1.29, 1.82) is 0 Å². The number of carbonyl (C=O) groups excluding carboxylic acids is 1. The lowest BCUT2D eigenvalue weighted by molar-refractivity contribution is -0.137. The standard InChI is InChI=1S/C23H20F3NO3S/c1-15-3-12-22(31-15)21(28)14-29-20-10-6-18(7-11-20)16(2)27-30-13-17-4-8-19(9-5-17)23(24,25)26/h3-12H,13-14H2,1-2H3/b27-16+. The summed E-state index contributed by atoms with van der Waals surface area (Å²) < 4.78 is 43.3.